The van der Waals surface area contributed by atoms with Gasteiger partial charge in [-0.25, -0.2) is 22.0 Å². The molecular formula is C19H20N2O5S3. The van der Waals surface area contributed by atoms with Crippen LogP contribution >= 0.6 is 11.3 Å². The fraction of sp³-hybridized carbons (Fsp3) is 0.158. The standard InChI is InChI=1S/C19H20N2O5S3/c1-26-19-10-3-2-6-15(19)13-21(14-16-7-5-11-27-16)29(24,25)18-9-4-8-17(12-18)28(20,22)23/h2-12H,13-14H2,1H3,(H2,20,22,23). The summed E-state index contributed by atoms with van der Waals surface area (Å²) in [4.78, 5) is 0.452. The molecule has 0 amide bonds. The Morgan fingerprint density at radius 1 is 0.931 bits per heavy atom. The minimum absolute atomic E-state index is 0.0594. The van der Waals surface area contributed by atoms with E-state index in [9.17, 15) is 16.8 Å². The first-order valence-electron chi connectivity index (χ1n) is 8.49. The van der Waals surface area contributed by atoms with E-state index >= 15 is 0 Å². The number of primary sulfonamides is 1. The molecule has 1 aromatic heterocycles. The van der Waals surface area contributed by atoms with E-state index in [0.717, 1.165) is 10.9 Å². The first-order valence-corrected chi connectivity index (χ1v) is 12.4. The summed E-state index contributed by atoms with van der Waals surface area (Å²) in [7, 11) is -6.53. The van der Waals surface area contributed by atoms with Gasteiger partial charge in [-0.05, 0) is 35.7 Å². The zero-order valence-electron chi connectivity index (χ0n) is 15.6. The summed E-state index contributed by atoms with van der Waals surface area (Å²) in [5.41, 5.74) is 0.692. The quantitative estimate of drug-likeness (QED) is 0.566. The molecule has 1 heterocycles. The van der Waals surface area contributed by atoms with Crippen LogP contribution in [0, 0.1) is 0 Å². The molecule has 0 aliphatic carbocycles. The van der Waals surface area contributed by atoms with Gasteiger partial charge < -0.3 is 4.74 Å². The third-order valence-corrected chi connectivity index (χ3v) is 7.78. The molecule has 0 saturated heterocycles. The van der Waals surface area contributed by atoms with Crippen LogP contribution in [-0.4, -0.2) is 28.3 Å². The van der Waals surface area contributed by atoms with Crippen molar-refractivity contribution in [3.63, 3.8) is 0 Å². The Balaban J connectivity index is 2.05. The molecule has 0 saturated carbocycles. The molecule has 0 bridgehead atoms. The second-order valence-corrected chi connectivity index (χ2v) is 10.7. The molecule has 3 rings (SSSR count). The van der Waals surface area contributed by atoms with Gasteiger partial charge in [-0.3, -0.25) is 0 Å². The number of para-hydroxylation sites is 1. The molecule has 2 aromatic carbocycles. The lowest BCUT2D eigenvalue weighted by Crippen LogP contribution is -2.30. The maximum Gasteiger partial charge on any atom is 0.243 e. The SMILES string of the molecule is COc1ccccc1CN(Cc1cccs1)S(=O)(=O)c1cccc(S(N)(=O)=O)c1. The highest BCUT2D eigenvalue weighted by atomic mass is 32.2. The van der Waals surface area contributed by atoms with Crippen molar-refractivity contribution in [1.82, 2.24) is 4.31 Å². The highest BCUT2D eigenvalue weighted by Gasteiger charge is 2.27. The summed E-state index contributed by atoms with van der Waals surface area (Å²) in [6.45, 7) is 0.196. The minimum atomic E-state index is -4.03. The normalized spacial score (nSPS) is 12.2. The molecule has 0 aliphatic heterocycles. The molecule has 0 spiro atoms. The monoisotopic (exact) mass is 452 g/mol. The fourth-order valence-corrected chi connectivity index (χ4v) is 5.66. The number of ether oxygens (including phenoxy) is 1. The van der Waals surface area contributed by atoms with E-state index in [-0.39, 0.29) is 22.9 Å². The van der Waals surface area contributed by atoms with E-state index < -0.39 is 20.0 Å². The van der Waals surface area contributed by atoms with Gasteiger partial charge in [-0.15, -0.1) is 11.3 Å². The molecule has 2 N–H and O–H groups in total. The van der Waals surface area contributed by atoms with Crippen LogP contribution in [0.4, 0.5) is 0 Å². The van der Waals surface area contributed by atoms with Crippen molar-refractivity contribution in [1.29, 1.82) is 0 Å². The van der Waals surface area contributed by atoms with Crippen molar-refractivity contribution in [3.05, 3.63) is 76.5 Å². The summed E-state index contributed by atoms with van der Waals surface area (Å²) in [6, 6.07) is 15.9. The molecule has 0 radical (unpaired) electrons. The molecule has 3 aromatic rings. The lowest BCUT2D eigenvalue weighted by Gasteiger charge is -2.23. The number of methoxy groups -OCH3 is 1. The average molecular weight is 453 g/mol. The van der Waals surface area contributed by atoms with E-state index in [2.05, 4.69) is 0 Å². The van der Waals surface area contributed by atoms with Gasteiger partial charge in [0.1, 0.15) is 5.75 Å². The maximum absolute atomic E-state index is 13.4. The number of rotatable bonds is 8. The van der Waals surface area contributed by atoms with Crippen LogP contribution < -0.4 is 9.88 Å². The number of benzene rings is 2. The molecule has 7 nitrogen and oxygen atoms in total. The highest BCUT2D eigenvalue weighted by Crippen LogP contribution is 2.27. The molecule has 0 fully saturated rings. The summed E-state index contributed by atoms with van der Waals surface area (Å²) in [6.07, 6.45) is 0. The smallest absolute Gasteiger partial charge is 0.243 e. The lowest BCUT2D eigenvalue weighted by atomic mass is 10.2. The Morgan fingerprint density at radius 3 is 2.31 bits per heavy atom. The molecule has 29 heavy (non-hydrogen) atoms. The first kappa shape index (κ1) is 21.5. The largest absolute Gasteiger partial charge is 0.496 e. The highest BCUT2D eigenvalue weighted by molar-refractivity contribution is 7.90. The Hall–Kier alpha value is -2.24. The van der Waals surface area contributed by atoms with Crippen molar-refractivity contribution in [3.8, 4) is 5.75 Å². The van der Waals surface area contributed by atoms with Gasteiger partial charge in [0.2, 0.25) is 20.0 Å². The van der Waals surface area contributed by atoms with Crippen molar-refractivity contribution in [2.24, 2.45) is 5.14 Å². The molecular weight excluding hydrogens is 432 g/mol. The van der Waals surface area contributed by atoms with E-state index in [1.807, 2.05) is 17.5 Å². The third-order valence-electron chi connectivity index (χ3n) is 4.22. The lowest BCUT2D eigenvalue weighted by molar-refractivity contribution is 0.377. The summed E-state index contributed by atoms with van der Waals surface area (Å²) >= 11 is 1.44. The second kappa shape index (κ2) is 8.64. The van der Waals surface area contributed by atoms with Crippen LogP contribution in [0.5, 0.6) is 5.75 Å². The number of sulfonamides is 2. The summed E-state index contributed by atoms with van der Waals surface area (Å²) < 4.78 is 56.8. The van der Waals surface area contributed by atoms with Gasteiger partial charge in [0.05, 0.1) is 16.9 Å². The number of hydrogen-bond acceptors (Lipinski definition) is 6. The van der Waals surface area contributed by atoms with E-state index in [1.165, 1.54) is 41.0 Å². The maximum atomic E-state index is 13.4. The minimum Gasteiger partial charge on any atom is -0.496 e. The van der Waals surface area contributed by atoms with Crippen molar-refractivity contribution in [2.45, 2.75) is 22.9 Å². The van der Waals surface area contributed by atoms with Gasteiger partial charge in [0, 0.05) is 23.5 Å². The van der Waals surface area contributed by atoms with E-state index in [1.54, 1.807) is 24.3 Å². The van der Waals surface area contributed by atoms with Gasteiger partial charge in [-0.2, -0.15) is 4.31 Å². The van der Waals surface area contributed by atoms with E-state index in [4.69, 9.17) is 9.88 Å². The predicted molar refractivity (Wildman–Crippen MR) is 112 cm³/mol. The van der Waals surface area contributed by atoms with Crippen molar-refractivity contribution in [2.75, 3.05) is 7.11 Å². The van der Waals surface area contributed by atoms with Crippen LogP contribution in [0.2, 0.25) is 0 Å². The Bertz CT molecular complexity index is 1190. The zero-order chi connectivity index (χ0) is 21.1. The number of nitrogens with two attached hydrogens (primary N) is 1. The van der Waals surface area contributed by atoms with Crippen molar-refractivity contribution >= 4 is 31.4 Å². The van der Waals surface area contributed by atoms with E-state index in [0.29, 0.717) is 11.3 Å². The van der Waals surface area contributed by atoms with Crippen LogP contribution in [0.25, 0.3) is 0 Å². The first-order chi connectivity index (χ1) is 13.7. The van der Waals surface area contributed by atoms with Gasteiger partial charge in [0.25, 0.3) is 0 Å². The number of hydrogen-bond donors (Lipinski definition) is 1. The average Bonchev–Trinajstić information content (AvgIpc) is 3.20. The van der Waals surface area contributed by atoms with Crippen molar-refractivity contribution < 1.29 is 21.6 Å². The van der Waals surface area contributed by atoms with Crippen LogP contribution in [-0.2, 0) is 33.1 Å². The van der Waals surface area contributed by atoms with Crippen LogP contribution in [0.1, 0.15) is 10.4 Å². The molecule has 10 heteroatoms. The topological polar surface area (TPSA) is 107 Å². The predicted octanol–water partition coefficient (Wildman–Crippen LogP) is 2.80. The zero-order valence-corrected chi connectivity index (χ0v) is 18.0. The third kappa shape index (κ3) is 5.03. The fourth-order valence-electron chi connectivity index (χ4n) is 2.79. The second-order valence-electron chi connectivity index (χ2n) is 6.18. The Kier molecular flexibility index (Phi) is 6.39. The summed E-state index contributed by atoms with van der Waals surface area (Å²) in [5, 5.41) is 7.03. The van der Waals surface area contributed by atoms with Gasteiger partial charge in [0.15, 0.2) is 0 Å². The summed E-state index contributed by atoms with van der Waals surface area (Å²) in [5.74, 6) is 0.567. The molecule has 0 atom stereocenters. The Labute approximate surface area is 174 Å². The molecule has 0 unspecified atom stereocenters. The van der Waals surface area contributed by atoms with Crippen LogP contribution in [0.15, 0.2) is 75.8 Å². The molecule has 0 aliphatic rings. The number of thiophene rings is 1. The van der Waals surface area contributed by atoms with Crippen LogP contribution in [0.3, 0.4) is 0 Å². The van der Waals surface area contributed by atoms with Gasteiger partial charge >= 0.3 is 0 Å². The van der Waals surface area contributed by atoms with Gasteiger partial charge in [-0.1, -0.05) is 30.3 Å². The number of nitrogens with zero attached hydrogens (tertiary/aromatic N) is 1. The Morgan fingerprint density at radius 2 is 1.66 bits per heavy atom. The molecule has 154 valence electrons.